The average molecular weight is 258 g/mol. The van der Waals surface area contributed by atoms with Crippen LogP contribution in [0.5, 0.6) is 5.75 Å². The second-order valence-corrected chi connectivity index (χ2v) is 5.06. The maximum atomic E-state index is 10.1. The average Bonchev–Trinajstić information content (AvgIpc) is 3.03. The van der Waals surface area contributed by atoms with E-state index in [4.69, 9.17) is 4.74 Å². The van der Waals surface area contributed by atoms with Crippen LogP contribution in [0.1, 0.15) is 29.3 Å². The van der Waals surface area contributed by atoms with E-state index in [1.807, 2.05) is 23.9 Å². The minimum absolute atomic E-state index is 0.495. The Morgan fingerprint density at radius 1 is 1.47 bits per heavy atom. The quantitative estimate of drug-likeness (QED) is 0.912. The Bertz CT molecular complexity index is 577. The molecule has 4 nitrogen and oxygen atoms in total. The molecule has 0 aliphatic carbocycles. The van der Waals surface area contributed by atoms with E-state index in [1.54, 1.807) is 6.33 Å². The summed E-state index contributed by atoms with van der Waals surface area (Å²) in [5, 5.41) is 10.1. The highest BCUT2D eigenvalue weighted by atomic mass is 16.5. The fourth-order valence-electron chi connectivity index (χ4n) is 2.45. The predicted octanol–water partition coefficient (Wildman–Crippen LogP) is 2.02. The maximum absolute atomic E-state index is 10.1. The molecule has 1 aliphatic heterocycles. The van der Waals surface area contributed by atoms with E-state index in [0.29, 0.717) is 6.42 Å². The minimum atomic E-state index is -0.495. The van der Waals surface area contributed by atoms with Crippen LogP contribution in [0.2, 0.25) is 0 Å². The van der Waals surface area contributed by atoms with Crippen molar-refractivity contribution in [3.05, 3.63) is 47.5 Å². The molecular formula is C15H18N2O2. The third kappa shape index (κ3) is 2.63. The van der Waals surface area contributed by atoms with E-state index in [0.717, 1.165) is 30.9 Å². The molecule has 1 aromatic carbocycles. The molecule has 19 heavy (non-hydrogen) atoms. The first-order chi connectivity index (χ1) is 9.22. The minimum Gasteiger partial charge on any atom is -0.493 e. The molecular weight excluding hydrogens is 240 g/mol. The van der Waals surface area contributed by atoms with Gasteiger partial charge in [0.05, 0.1) is 24.7 Å². The van der Waals surface area contributed by atoms with Gasteiger partial charge in [0.1, 0.15) is 5.75 Å². The Labute approximate surface area is 112 Å². The van der Waals surface area contributed by atoms with Crippen molar-refractivity contribution in [1.82, 2.24) is 9.55 Å². The standard InChI is InChI=1S/C15H18N2O2/c1-17-9-13(16-10-17)14(18)4-2-11-3-5-15-12(8-11)6-7-19-15/h3,5,8-10,14,18H,2,4,6-7H2,1H3. The molecule has 4 heteroatoms. The summed E-state index contributed by atoms with van der Waals surface area (Å²) in [6.45, 7) is 0.787. The maximum Gasteiger partial charge on any atom is 0.122 e. The lowest BCUT2D eigenvalue weighted by Gasteiger charge is -2.08. The molecule has 0 radical (unpaired) electrons. The number of aromatic nitrogens is 2. The van der Waals surface area contributed by atoms with Crippen molar-refractivity contribution in [2.24, 2.45) is 7.05 Å². The second-order valence-electron chi connectivity index (χ2n) is 5.06. The molecule has 2 aromatic rings. The van der Waals surface area contributed by atoms with Gasteiger partial charge < -0.3 is 14.4 Å². The number of hydrogen-bond acceptors (Lipinski definition) is 3. The Balaban J connectivity index is 1.63. The van der Waals surface area contributed by atoms with Gasteiger partial charge in [-0.05, 0) is 30.0 Å². The lowest BCUT2D eigenvalue weighted by Crippen LogP contribution is -2.00. The summed E-state index contributed by atoms with van der Waals surface area (Å²) in [4.78, 5) is 4.18. The van der Waals surface area contributed by atoms with Gasteiger partial charge in [-0.25, -0.2) is 4.98 Å². The number of aliphatic hydroxyl groups is 1. The number of aryl methyl sites for hydroxylation is 2. The number of benzene rings is 1. The summed E-state index contributed by atoms with van der Waals surface area (Å²) in [7, 11) is 1.91. The molecule has 1 N–H and O–H groups in total. The van der Waals surface area contributed by atoms with Crippen molar-refractivity contribution in [1.29, 1.82) is 0 Å². The molecule has 0 spiro atoms. The highest BCUT2D eigenvalue weighted by molar-refractivity contribution is 5.39. The number of ether oxygens (including phenoxy) is 1. The number of fused-ring (bicyclic) bond motifs is 1. The van der Waals surface area contributed by atoms with Crippen LogP contribution in [-0.4, -0.2) is 21.3 Å². The van der Waals surface area contributed by atoms with E-state index in [2.05, 4.69) is 17.1 Å². The van der Waals surface area contributed by atoms with Gasteiger partial charge in [-0.15, -0.1) is 0 Å². The van der Waals surface area contributed by atoms with Crippen LogP contribution in [0.3, 0.4) is 0 Å². The van der Waals surface area contributed by atoms with Crippen molar-refractivity contribution < 1.29 is 9.84 Å². The molecule has 2 heterocycles. The van der Waals surface area contributed by atoms with Gasteiger partial charge in [0.25, 0.3) is 0 Å². The summed E-state index contributed by atoms with van der Waals surface area (Å²) >= 11 is 0. The number of aliphatic hydroxyl groups excluding tert-OH is 1. The summed E-state index contributed by atoms with van der Waals surface area (Å²) in [5.74, 6) is 1.01. The number of imidazole rings is 1. The fraction of sp³-hybridized carbons (Fsp3) is 0.400. The van der Waals surface area contributed by atoms with E-state index < -0.39 is 6.10 Å². The lowest BCUT2D eigenvalue weighted by atomic mass is 10.0. The summed E-state index contributed by atoms with van der Waals surface area (Å²) in [6, 6.07) is 6.30. The lowest BCUT2D eigenvalue weighted by molar-refractivity contribution is 0.163. The molecule has 0 bridgehead atoms. The van der Waals surface area contributed by atoms with Crippen LogP contribution in [0.4, 0.5) is 0 Å². The molecule has 3 rings (SSSR count). The molecule has 1 aliphatic rings. The van der Waals surface area contributed by atoms with Gasteiger partial charge in [-0.2, -0.15) is 0 Å². The Morgan fingerprint density at radius 3 is 3.16 bits per heavy atom. The van der Waals surface area contributed by atoms with Gasteiger partial charge in [-0.1, -0.05) is 12.1 Å². The molecule has 0 amide bonds. The van der Waals surface area contributed by atoms with E-state index in [-0.39, 0.29) is 0 Å². The number of hydrogen-bond donors (Lipinski definition) is 1. The summed E-state index contributed by atoms with van der Waals surface area (Å²) in [6.07, 6.45) is 5.62. The van der Waals surface area contributed by atoms with Gasteiger partial charge in [0, 0.05) is 19.7 Å². The van der Waals surface area contributed by atoms with Crippen molar-refractivity contribution in [2.45, 2.75) is 25.4 Å². The van der Waals surface area contributed by atoms with E-state index in [9.17, 15) is 5.11 Å². The van der Waals surface area contributed by atoms with Crippen LogP contribution in [-0.2, 0) is 19.9 Å². The summed E-state index contributed by atoms with van der Waals surface area (Å²) < 4.78 is 7.34. The molecule has 0 saturated heterocycles. The van der Waals surface area contributed by atoms with Crippen LogP contribution in [0.15, 0.2) is 30.7 Å². The fourth-order valence-corrected chi connectivity index (χ4v) is 2.45. The second kappa shape index (κ2) is 5.05. The van der Waals surface area contributed by atoms with Crippen molar-refractivity contribution in [3.8, 4) is 5.75 Å². The van der Waals surface area contributed by atoms with Gasteiger partial charge in [-0.3, -0.25) is 0 Å². The Morgan fingerprint density at radius 2 is 2.37 bits per heavy atom. The van der Waals surface area contributed by atoms with Crippen molar-refractivity contribution >= 4 is 0 Å². The van der Waals surface area contributed by atoms with Crippen LogP contribution in [0.25, 0.3) is 0 Å². The monoisotopic (exact) mass is 258 g/mol. The third-order valence-electron chi connectivity index (χ3n) is 3.53. The SMILES string of the molecule is Cn1cnc(C(O)CCc2ccc3c(c2)CCO3)c1. The predicted molar refractivity (Wildman–Crippen MR) is 72.1 cm³/mol. The van der Waals surface area contributed by atoms with E-state index >= 15 is 0 Å². The van der Waals surface area contributed by atoms with E-state index in [1.165, 1.54) is 11.1 Å². The van der Waals surface area contributed by atoms with Crippen molar-refractivity contribution in [2.75, 3.05) is 6.61 Å². The van der Waals surface area contributed by atoms with Gasteiger partial charge in [0.15, 0.2) is 0 Å². The molecule has 1 aromatic heterocycles. The van der Waals surface area contributed by atoms with Gasteiger partial charge in [0.2, 0.25) is 0 Å². The van der Waals surface area contributed by atoms with Crippen LogP contribution < -0.4 is 4.74 Å². The van der Waals surface area contributed by atoms with Gasteiger partial charge >= 0.3 is 0 Å². The first-order valence-electron chi connectivity index (χ1n) is 6.63. The molecule has 1 atom stereocenters. The van der Waals surface area contributed by atoms with Crippen LogP contribution >= 0.6 is 0 Å². The Hall–Kier alpha value is -1.81. The highest BCUT2D eigenvalue weighted by Gasteiger charge is 2.14. The normalized spacial score (nSPS) is 15.1. The highest BCUT2D eigenvalue weighted by Crippen LogP contribution is 2.27. The van der Waals surface area contributed by atoms with Crippen LogP contribution in [0, 0.1) is 0 Å². The number of rotatable bonds is 4. The third-order valence-corrected chi connectivity index (χ3v) is 3.53. The first-order valence-corrected chi connectivity index (χ1v) is 6.63. The topological polar surface area (TPSA) is 47.3 Å². The zero-order valence-corrected chi connectivity index (χ0v) is 11.0. The largest absolute Gasteiger partial charge is 0.493 e. The smallest absolute Gasteiger partial charge is 0.122 e. The molecule has 100 valence electrons. The number of nitrogens with zero attached hydrogens (tertiary/aromatic N) is 2. The molecule has 1 unspecified atom stereocenters. The van der Waals surface area contributed by atoms with Crippen molar-refractivity contribution in [3.63, 3.8) is 0 Å². The summed E-state index contributed by atoms with van der Waals surface area (Å²) in [5.41, 5.74) is 3.27. The Kier molecular flexibility index (Phi) is 3.25. The first kappa shape index (κ1) is 12.2. The zero-order valence-electron chi connectivity index (χ0n) is 11.0. The zero-order chi connectivity index (χ0) is 13.2. The molecule has 0 saturated carbocycles. The molecule has 0 fully saturated rings.